The summed E-state index contributed by atoms with van der Waals surface area (Å²) < 4.78 is 6.23. The third-order valence-corrected chi connectivity index (χ3v) is 4.80. The van der Waals surface area contributed by atoms with Crippen LogP contribution in [-0.4, -0.2) is 5.97 Å². The number of cyclic esters (lactones) is 1. The number of hydrogen-bond acceptors (Lipinski definition) is 2. The summed E-state index contributed by atoms with van der Waals surface area (Å²) >= 11 is 8.02. The third-order valence-electron chi connectivity index (χ3n) is 2.73. The van der Waals surface area contributed by atoms with Crippen LogP contribution < -0.4 is 0 Å². The van der Waals surface area contributed by atoms with Gasteiger partial charge in [-0.3, -0.25) is 0 Å². The van der Waals surface area contributed by atoms with Crippen molar-refractivity contribution in [1.29, 1.82) is 0 Å². The minimum atomic E-state index is -0.685. The van der Waals surface area contributed by atoms with Gasteiger partial charge in [-0.2, -0.15) is 0 Å². The Bertz CT molecular complexity index is 455. The standard InChI is InChI=1S/C12H10ClIO2/c1-2-12(8-6-4-3-5-7-8)10(14)9(13)11(15)16-12/h3-7H,2H2,1H3. The molecule has 1 aliphatic rings. The zero-order valence-electron chi connectivity index (χ0n) is 8.67. The van der Waals surface area contributed by atoms with Gasteiger partial charge in [0.05, 0.1) is 3.58 Å². The molecule has 16 heavy (non-hydrogen) atoms. The Kier molecular flexibility index (Phi) is 3.26. The van der Waals surface area contributed by atoms with Gasteiger partial charge in [0.1, 0.15) is 5.03 Å². The van der Waals surface area contributed by atoms with Gasteiger partial charge in [-0.1, -0.05) is 48.9 Å². The highest BCUT2D eigenvalue weighted by atomic mass is 127. The van der Waals surface area contributed by atoms with Crippen LogP contribution in [0.1, 0.15) is 18.9 Å². The van der Waals surface area contributed by atoms with Crippen LogP contribution in [-0.2, 0) is 15.1 Å². The zero-order chi connectivity index (χ0) is 11.8. The Balaban J connectivity index is 2.56. The number of carbonyl (C=O) groups excluding carboxylic acids is 1. The second kappa shape index (κ2) is 4.37. The molecule has 0 saturated heterocycles. The average molecular weight is 349 g/mol. The van der Waals surface area contributed by atoms with Crippen molar-refractivity contribution in [3.8, 4) is 0 Å². The molecule has 0 saturated carbocycles. The van der Waals surface area contributed by atoms with Crippen LogP contribution >= 0.6 is 34.2 Å². The normalized spacial score (nSPS) is 24.8. The molecule has 1 aromatic rings. The molecule has 1 aromatic carbocycles. The number of halogens is 2. The largest absolute Gasteiger partial charge is 0.444 e. The smallest absolute Gasteiger partial charge is 0.351 e. The van der Waals surface area contributed by atoms with Crippen molar-refractivity contribution < 1.29 is 9.53 Å². The van der Waals surface area contributed by atoms with Crippen molar-refractivity contribution in [2.75, 3.05) is 0 Å². The predicted molar refractivity (Wildman–Crippen MR) is 71.4 cm³/mol. The van der Waals surface area contributed by atoms with Crippen molar-refractivity contribution >= 4 is 40.2 Å². The molecular formula is C12H10ClIO2. The minimum Gasteiger partial charge on any atom is -0.444 e. The lowest BCUT2D eigenvalue weighted by Crippen LogP contribution is -2.26. The van der Waals surface area contributed by atoms with Gasteiger partial charge in [0.15, 0.2) is 5.60 Å². The Morgan fingerprint density at radius 2 is 2.00 bits per heavy atom. The van der Waals surface area contributed by atoms with Gasteiger partial charge < -0.3 is 4.74 Å². The summed E-state index contributed by atoms with van der Waals surface area (Å²) in [6.07, 6.45) is 0.678. The maximum atomic E-state index is 11.5. The molecule has 84 valence electrons. The lowest BCUT2D eigenvalue weighted by atomic mass is 9.91. The quantitative estimate of drug-likeness (QED) is 0.601. The fourth-order valence-electron chi connectivity index (χ4n) is 1.84. The maximum Gasteiger partial charge on any atom is 0.351 e. The molecule has 0 aliphatic carbocycles. The molecule has 0 N–H and O–H groups in total. The van der Waals surface area contributed by atoms with Crippen molar-refractivity contribution in [2.24, 2.45) is 0 Å². The van der Waals surface area contributed by atoms with E-state index in [1.807, 2.05) is 37.3 Å². The highest BCUT2D eigenvalue weighted by molar-refractivity contribution is 14.1. The molecule has 1 aliphatic heterocycles. The molecule has 1 atom stereocenters. The van der Waals surface area contributed by atoms with Crippen molar-refractivity contribution in [1.82, 2.24) is 0 Å². The fraction of sp³-hybridized carbons (Fsp3) is 0.250. The van der Waals surface area contributed by atoms with Crippen LogP contribution in [0.5, 0.6) is 0 Å². The first kappa shape index (κ1) is 11.9. The van der Waals surface area contributed by atoms with Gasteiger partial charge in [0.25, 0.3) is 0 Å². The van der Waals surface area contributed by atoms with E-state index in [1.165, 1.54) is 0 Å². The average Bonchev–Trinajstić information content (AvgIpc) is 2.55. The summed E-state index contributed by atoms with van der Waals surface area (Å²) in [4.78, 5) is 11.5. The summed E-state index contributed by atoms with van der Waals surface area (Å²) in [6, 6.07) is 9.69. The van der Waals surface area contributed by atoms with Gasteiger partial charge in [0.2, 0.25) is 0 Å². The predicted octanol–water partition coefficient (Wildman–Crippen LogP) is 3.73. The molecular weight excluding hydrogens is 338 g/mol. The van der Waals surface area contributed by atoms with E-state index in [0.717, 1.165) is 9.14 Å². The molecule has 0 bridgehead atoms. The van der Waals surface area contributed by atoms with E-state index < -0.39 is 11.6 Å². The van der Waals surface area contributed by atoms with E-state index in [2.05, 4.69) is 22.6 Å². The Labute approximate surface area is 113 Å². The van der Waals surface area contributed by atoms with E-state index in [4.69, 9.17) is 16.3 Å². The molecule has 0 aromatic heterocycles. The number of benzene rings is 1. The third kappa shape index (κ3) is 1.66. The highest BCUT2D eigenvalue weighted by Gasteiger charge is 2.46. The molecule has 1 unspecified atom stereocenters. The fourth-order valence-corrected chi connectivity index (χ4v) is 3.05. The SMILES string of the molecule is CCC1(c2ccccc2)OC(=O)C(Cl)=C1I. The number of rotatable bonds is 2. The lowest BCUT2D eigenvalue weighted by molar-refractivity contribution is -0.147. The van der Waals surface area contributed by atoms with Gasteiger partial charge in [-0.05, 0) is 29.0 Å². The Hall–Kier alpha value is -0.550. The first-order valence-corrected chi connectivity index (χ1v) is 6.42. The second-order valence-electron chi connectivity index (χ2n) is 3.56. The molecule has 1 heterocycles. The van der Waals surface area contributed by atoms with Gasteiger partial charge in [-0.25, -0.2) is 4.79 Å². The van der Waals surface area contributed by atoms with Gasteiger partial charge in [-0.15, -0.1) is 0 Å². The van der Waals surface area contributed by atoms with E-state index in [1.54, 1.807) is 0 Å². The number of ether oxygens (including phenoxy) is 1. The molecule has 0 fully saturated rings. The highest BCUT2D eigenvalue weighted by Crippen LogP contribution is 2.48. The lowest BCUT2D eigenvalue weighted by Gasteiger charge is -2.27. The van der Waals surface area contributed by atoms with Crippen LogP contribution in [0.25, 0.3) is 0 Å². The number of esters is 1. The Morgan fingerprint density at radius 3 is 2.44 bits per heavy atom. The summed E-state index contributed by atoms with van der Waals surface area (Å²) in [7, 11) is 0. The number of carbonyl (C=O) groups is 1. The monoisotopic (exact) mass is 348 g/mol. The second-order valence-corrected chi connectivity index (χ2v) is 5.02. The zero-order valence-corrected chi connectivity index (χ0v) is 11.6. The summed E-state index contributed by atoms with van der Waals surface area (Å²) in [5.74, 6) is -0.434. The topological polar surface area (TPSA) is 26.3 Å². The van der Waals surface area contributed by atoms with E-state index in [-0.39, 0.29) is 5.03 Å². The summed E-state index contributed by atoms with van der Waals surface area (Å²) in [6.45, 7) is 1.98. The first-order chi connectivity index (χ1) is 7.62. The minimum absolute atomic E-state index is 0.200. The van der Waals surface area contributed by atoms with Gasteiger partial charge >= 0.3 is 5.97 Å². The van der Waals surface area contributed by atoms with Crippen molar-refractivity contribution in [3.05, 3.63) is 44.5 Å². The molecule has 4 heteroatoms. The van der Waals surface area contributed by atoms with Crippen LogP contribution in [0.3, 0.4) is 0 Å². The Morgan fingerprint density at radius 1 is 1.38 bits per heavy atom. The van der Waals surface area contributed by atoms with E-state index in [0.29, 0.717) is 6.42 Å². The molecule has 0 amide bonds. The van der Waals surface area contributed by atoms with E-state index >= 15 is 0 Å². The first-order valence-electron chi connectivity index (χ1n) is 4.96. The van der Waals surface area contributed by atoms with Crippen LogP contribution in [0.4, 0.5) is 0 Å². The van der Waals surface area contributed by atoms with Crippen LogP contribution in [0.15, 0.2) is 38.9 Å². The molecule has 0 radical (unpaired) electrons. The summed E-state index contributed by atoms with van der Waals surface area (Å²) in [5.41, 5.74) is 0.279. The van der Waals surface area contributed by atoms with Crippen molar-refractivity contribution in [2.45, 2.75) is 18.9 Å². The van der Waals surface area contributed by atoms with Crippen molar-refractivity contribution in [3.63, 3.8) is 0 Å². The molecule has 2 nitrogen and oxygen atoms in total. The number of hydrogen-bond donors (Lipinski definition) is 0. The summed E-state index contributed by atoms with van der Waals surface area (Å²) in [5, 5.41) is 0.200. The molecule has 2 rings (SSSR count). The van der Waals surface area contributed by atoms with Gasteiger partial charge in [0, 0.05) is 5.56 Å². The van der Waals surface area contributed by atoms with Crippen LogP contribution in [0.2, 0.25) is 0 Å². The molecule has 0 spiro atoms. The maximum absolute atomic E-state index is 11.5. The van der Waals surface area contributed by atoms with Crippen LogP contribution in [0, 0.1) is 0 Å². The van der Waals surface area contributed by atoms with E-state index in [9.17, 15) is 4.79 Å².